The normalized spacial score (nSPS) is 10.0. The first-order chi connectivity index (χ1) is 5.65. The van der Waals surface area contributed by atoms with Crippen molar-refractivity contribution in [3.8, 4) is 0 Å². The molecule has 0 aliphatic heterocycles. The molecule has 0 atom stereocenters. The number of rotatable bonds is 2. The van der Waals surface area contributed by atoms with E-state index in [-0.39, 0.29) is 12.4 Å². The summed E-state index contributed by atoms with van der Waals surface area (Å²) < 4.78 is 13.0. The molecule has 0 unspecified atom stereocenters. The molecule has 1 aromatic carbocycles. The van der Waals surface area contributed by atoms with Crippen LogP contribution in [0.15, 0.2) is 18.2 Å². The Morgan fingerprint density at radius 3 is 2.58 bits per heavy atom. The van der Waals surface area contributed by atoms with Crippen molar-refractivity contribution in [2.24, 2.45) is 0 Å². The molecule has 1 rings (SSSR count). The van der Waals surface area contributed by atoms with Gasteiger partial charge in [0.2, 0.25) is 0 Å². The number of anilines is 1. The van der Waals surface area contributed by atoms with E-state index in [1.165, 1.54) is 6.07 Å². The van der Waals surface area contributed by atoms with Gasteiger partial charge < -0.3 is 10.0 Å². The third kappa shape index (κ3) is 1.74. The Hall–Kier alpha value is -1.09. The predicted molar refractivity (Wildman–Crippen MR) is 46.6 cm³/mol. The van der Waals surface area contributed by atoms with Crippen molar-refractivity contribution in [1.29, 1.82) is 0 Å². The molecule has 0 aromatic heterocycles. The molecule has 0 radical (unpaired) electrons. The molecule has 0 aliphatic carbocycles. The minimum atomic E-state index is -0.266. The molecule has 3 heteroatoms. The van der Waals surface area contributed by atoms with Crippen molar-refractivity contribution in [2.75, 3.05) is 19.0 Å². The number of aliphatic hydroxyl groups is 1. The van der Waals surface area contributed by atoms with Crippen LogP contribution in [0.3, 0.4) is 0 Å². The highest BCUT2D eigenvalue weighted by Gasteiger charge is 2.03. The van der Waals surface area contributed by atoms with Crippen LogP contribution in [0, 0.1) is 5.82 Å². The molecule has 0 fully saturated rings. The Morgan fingerprint density at radius 2 is 2.08 bits per heavy atom. The fourth-order valence-corrected chi connectivity index (χ4v) is 0.999. The van der Waals surface area contributed by atoms with Gasteiger partial charge in [0.05, 0.1) is 12.3 Å². The molecule has 1 aromatic rings. The summed E-state index contributed by atoms with van der Waals surface area (Å²) in [5.74, 6) is -0.266. The second kappa shape index (κ2) is 3.54. The summed E-state index contributed by atoms with van der Waals surface area (Å²) in [5.41, 5.74) is 1.22. The van der Waals surface area contributed by atoms with E-state index in [1.807, 2.05) is 0 Å². The van der Waals surface area contributed by atoms with Crippen LogP contribution >= 0.6 is 0 Å². The Bertz CT molecular complexity index is 273. The van der Waals surface area contributed by atoms with Gasteiger partial charge in [0.25, 0.3) is 0 Å². The first-order valence-corrected chi connectivity index (χ1v) is 3.71. The number of nitrogens with zero attached hydrogens (tertiary/aromatic N) is 1. The zero-order valence-electron chi connectivity index (χ0n) is 7.21. The molecule has 2 nitrogen and oxygen atoms in total. The summed E-state index contributed by atoms with van der Waals surface area (Å²) in [6.45, 7) is -0.0544. The molecule has 0 heterocycles. The molecule has 1 N–H and O–H groups in total. The van der Waals surface area contributed by atoms with E-state index in [0.717, 1.165) is 5.56 Å². The van der Waals surface area contributed by atoms with Crippen LogP contribution in [0.2, 0.25) is 0 Å². The summed E-state index contributed by atoms with van der Waals surface area (Å²) in [7, 11) is 3.53. The molecule has 0 aliphatic rings. The van der Waals surface area contributed by atoms with Gasteiger partial charge in [0.15, 0.2) is 0 Å². The first kappa shape index (κ1) is 9.00. The molecule has 0 amide bonds. The average molecular weight is 169 g/mol. The summed E-state index contributed by atoms with van der Waals surface area (Å²) >= 11 is 0. The highest BCUT2D eigenvalue weighted by atomic mass is 19.1. The molecule has 0 spiro atoms. The van der Waals surface area contributed by atoms with Crippen molar-refractivity contribution in [3.05, 3.63) is 29.6 Å². The van der Waals surface area contributed by atoms with Gasteiger partial charge in [0.1, 0.15) is 5.82 Å². The second-order valence-electron chi connectivity index (χ2n) is 2.84. The highest BCUT2D eigenvalue weighted by Crippen LogP contribution is 2.18. The number of halogens is 1. The molecule has 0 saturated carbocycles. The summed E-state index contributed by atoms with van der Waals surface area (Å²) in [5, 5.41) is 8.79. The Kier molecular flexibility index (Phi) is 2.65. The van der Waals surface area contributed by atoms with E-state index in [9.17, 15) is 4.39 Å². The van der Waals surface area contributed by atoms with Crippen LogP contribution in [0.1, 0.15) is 5.56 Å². The Morgan fingerprint density at radius 1 is 1.42 bits per heavy atom. The van der Waals surface area contributed by atoms with E-state index in [1.54, 1.807) is 31.1 Å². The van der Waals surface area contributed by atoms with Gasteiger partial charge in [-0.1, -0.05) is 6.07 Å². The van der Waals surface area contributed by atoms with Gasteiger partial charge in [0, 0.05) is 14.1 Å². The number of benzene rings is 1. The molecule has 0 saturated heterocycles. The number of hydrogen-bond donors (Lipinski definition) is 1. The quantitative estimate of drug-likeness (QED) is 0.723. The second-order valence-corrected chi connectivity index (χ2v) is 2.84. The number of hydrogen-bond acceptors (Lipinski definition) is 2. The Labute approximate surface area is 71.2 Å². The van der Waals surface area contributed by atoms with Crippen LogP contribution in [-0.2, 0) is 6.61 Å². The summed E-state index contributed by atoms with van der Waals surface area (Å²) in [6.07, 6.45) is 0. The minimum Gasteiger partial charge on any atom is -0.392 e. The highest BCUT2D eigenvalue weighted by molar-refractivity contribution is 5.48. The average Bonchev–Trinajstić information content (AvgIpc) is 2.05. The standard InChI is InChI=1S/C9H12FNO/c1-11(2)9-5-7(6-12)3-4-8(9)10/h3-5,12H,6H2,1-2H3. The monoisotopic (exact) mass is 169 g/mol. The lowest BCUT2D eigenvalue weighted by Gasteiger charge is -2.13. The van der Waals surface area contributed by atoms with Crippen molar-refractivity contribution in [1.82, 2.24) is 0 Å². The molecule has 0 bridgehead atoms. The molecular formula is C9H12FNO. The molecule has 12 heavy (non-hydrogen) atoms. The van der Waals surface area contributed by atoms with Crippen molar-refractivity contribution in [2.45, 2.75) is 6.61 Å². The minimum absolute atomic E-state index is 0.0544. The SMILES string of the molecule is CN(C)c1cc(CO)ccc1F. The van der Waals surface area contributed by atoms with Crippen LogP contribution in [0.25, 0.3) is 0 Å². The fourth-order valence-electron chi connectivity index (χ4n) is 0.999. The zero-order valence-corrected chi connectivity index (χ0v) is 7.21. The van der Waals surface area contributed by atoms with Crippen LogP contribution in [0.4, 0.5) is 10.1 Å². The van der Waals surface area contributed by atoms with Crippen molar-refractivity contribution >= 4 is 5.69 Å². The third-order valence-corrected chi connectivity index (χ3v) is 1.67. The summed E-state index contributed by atoms with van der Waals surface area (Å²) in [4.78, 5) is 1.68. The fraction of sp³-hybridized carbons (Fsp3) is 0.333. The van der Waals surface area contributed by atoms with Crippen molar-refractivity contribution < 1.29 is 9.50 Å². The maximum absolute atomic E-state index is 13.0. The van der Waals surface area contributed by atoms with Crippen LogP contribution in [0.5, 0.6) is 0 Å². The van der Waals surface area contributed by atoms with Gasteiger partial charge in [-0.05, 0) is 17.7 Å². The van der Waals surface area contributed by atoms with E-state index in [0.29, 0.717) is 5.69 Å². The smallest absolute Gasteiger partial charge is 0.146 e. The van der Waals surface area contributed by atoms with Gasteiger partial charge in [-0.15, -0.1) is 0 Å². The summed E-state index contributed by atoms with van der Waals surface area (Å²) in [6, 6.07) is 4.57. The van der Waals surface area contributed by atoms with Gasteiger partial charge >= 0.3 is 0 Å². The lowest BCUT2D eigenvalue weighted by molar-refractivity contribution is 0.281. The van der Waals surface area contributed by atoms with Crippen LogP contribution < -0.4 is 4.90 Å². The van der Waals surface area contributed by atoms with E-state index < -0.39 is 0 Å². The lowest BCUT2D eigenvalue weighted by Crippen LogP contribution is -2.10. The largest absolute Gasteiger partial charge is 0.392 e. The molecule has 66 valence electrons. The van der Waals surface area contributed by atoms with Gasteiger partial charge in [-0.2, -0.15) is 0 Å². The van der Waals surface area contributed by atoms with E-state index in [4.69, 9.17) is 5.11 Å². The third-order valence-electron chi connectivity index (χ3n) is 1.67. The Balaban J connectivity index is 3.08. The number of aliphatic hydroxyl groups excluding tert-OH is 1. The van der Waals surface area contributed by atoms with Crippen LogP contribution in [-0.4, -0.2) is 19.2 Å². The van der Waals surface area contributed by atoms with Crippen molar-refractivity contribution in [3.63, 3.8) is 0 Å². The zero-order chi connectivity index (χ0) is 9.14. The predicted octanol–water partition coefficient (Wildman–Crippen LogP) is 1.38. The first-order valence-electron chi connectivity index (χ1n) is 3.71. The van der Waals surface area contributed by atoms with E-state index >= 15 is 0 Å². The maximum Gasteiger partial charge on any atom is 0.146 e. The van der Waals surface area contributed by atoms with Gasteiger partial charge in [-0.25, -0.2) is 4.39 Å². The van der Waals surface area contributed by atoms with E-state index in [2.05, 4.69) is 0 Å². The lowest BCUT2D eigenvalue weighted by atomic mass is 10.2. The van der Waals surface area contributed by atoms with Gasteiger partial charge in [-0.3, -0.25) is 0 Å². The molecular weight excluding hydrogens is 157 g/mol. The topological polar surface area (TPSA) is 23.5 Å². The maximum atomic E-state index is 13.0.